The number of halogens is 2. The number of para-hydroxylation sites is 1. The third-order valence-electron chi connectivity index (χ3n) is 5.85. The molecule has 0 saturated carbocycles. The molecule has 1 nitrogen and oxygen atoms in total. The fourth-order valence-electron chi connectivity index (χ4n) is 3.36. The van der Waals surface area contributed by atoms with E-state index >= 15 is 0 Å². The molecule has 0 atom stereocenters. The molecule has 121 valence electrons. The molecule has 0 fully saturated rings. The van der Waals surface area contributed by atoms with Crippen molar-refractivity contribution in [2.24, 2.45) is 0 Å². The Kier molecular flexibility index (Phi) is 6.18. The fraction of sp³-hybridized carbons (Fsp3) is 0.294. The minimum atomic E-state index is -3.01. The Hall–Kier alpha value is -0.0800. The van der Waals surface area contributed by atoms with Crippen molar-refractivity contribution in [2.45, 2.75) is 28.8 Å². The molecule has 5 heteroatoms. The Balaban J connectivity index is 0.00000121. The number of rotatable bonds is 3. The van der Waals surface area contributed by atoms with Gasteiger partial charge in [0, 0.05) is 0 Å². The summed E-state index contributed by atoms with van der Waals surface area (Å²) in [6, 6.07) is 11.2. The van der Waals surface area contributed by atoms with Gasteiger partial charge in [0.1, 0.15) is 0 Å². The van der Waals surface area contributed by atoms with Gasteiger partial charge in [0.25, 0.3) is 0 Å². The fourth-order valence-corrected chi connectivity index (χ4v) is 23.9. The molecule has 0 amide bonds. The Morgan fingerprint density at radius 1 is 1.09 bits per heavy atom. The first-order valence-electron chi connectivity index (χ1n) is 7.57. The van der Waals surface area contributed by atoms with Gasteiger partial charge in [-0.3, -0.25) is 0 Å². The first kappa shape index (κ1) is 20.0. The van der Waals surface area contributed by atoms with Gasteiger partial charge in [-0.1, -0.05) is 0 Å². The van der Waals surface area contributed by atoms with Gasteiger partial charge >= 0.3 is 124 Å². The molecule has 1 aliphatic carbocycles. The number of nitrogens with one attached hydrogen (secondary N) is 1. The molecule has 0 radical (unpaired) electrons. The van der Waals surface area contributed by atoms with Crippen LogP contribution < -0.4 is 3.40 Å². The summed E-state index contributed by atoms with van der Waals surface area (Å²) in [5, 5.41) is 1.37. The molecule has 0 bridgehead atoms. The average Bonchev–Trinajstić information content (AvgIpc) is 3.08. The predicted octanol–water partition coefficient (Wildman–Crippen LogP) is 5.25. The van der Waals surface area contributed by atoms with Crippen molar-refractivity contribution in [2.75, 3.05) is 0 Å². The maximum Gasteiger partial charge on any atom is -0.147 e. The molecule has 0 aliphatic heterocycles. The van der Waals surface area contributed by atoms with E-state index in [9.17, 15) is 0 Å². The summed E-state index contributed by atoms with van der Waals surface area (Å²) >= 11 is -3.01. The summed E-state index contributed by atoms with van der Waals surface area (Å²) in [5.41, 5.74) is 1.30. The molecule has 1 heterocycles. The topological polar surface area (TPSA) is 15.8 Å². The quantitative estimate of drug-likeness (QED) is 0.635. The van der Waals surface area contributed by atoms with E-state index in [-0.39, 0.29) is 24.8 Å². The second-order valence-electron chi connectivity index (χ2n) is 7.24. The summed E-state index contributed by atoms with van der Waals surface area (Å²) in [7, 11) is 0. The minimum absolute atomic E-state index is 0. The van der Waals surface area contributed by atoms with E-state index in [2.05, 4.69) is 75.9 Å². The normalized spacial score (nSPS) is 15.9. The van der Waals surface area contributed by atoms with Crippen molar-refractivity contribution in [3.05, 3.63) is 51.8 Å². The molecule has 0 spiro atoms. The van der Waals surface area contributed by atoms with Crippen LogP contribution in [0.25, 0.3) is 10.9 Å². The Morgan fingerprint density at radius 3 is 2.32 bits per heavy atom. The number of hydrogen-bond donors (Lipinski definition) is 1. The van der Waals surface area contributed by atoms with E-state index in [1.807, 2.05) is 0 Å². The van der Waals surface area contributed by atoms with Gasteiger partial charge in [-0.25, -0.2) is 0 Å². The SMILES string of the molecule is C[SiH](C)[Zr]([CH3])([CH3])([C]1=CC=CC1)[c]1cc2ccccc2[nH]1.Cl.Cl. The smallest absolute Gasteiger partial charge is 0.147 e. The molecule has 2 aromatic rings. The number of fused-ring (bicyclic) bond motifs is 1. The maximum atomic E-state index is 3.79. The van der Waals surface area contributed by atoms with Gasteiger partial charge < -0.3 is 0 Å². The van der Waals surface area contributed by atoms with Crippen molar-refractivity contribution < 1.29 is 17.9 Å². The second-order valence-corrected chi connectivity index (χ2v) is 43.5. The van der Waals surface area contributed by atoms with Gasteiger partial charge in [-0.05, 0) is 0 Å². The monoisotopic (exact) mass is 432 g/mol. The summed E-state index contributed by atoms with van der Waals surface area (Å²) in [6.07, 6.45) is 8.19. The van der Waals surface area contributed by atoms with Crippen LogP contribution in [0.5, 0.6) is 0 Å². The molecule has 1 aromatic heterocycles. The van der Waals surface area contributed by atoms with Crippen molar-refractivity contribution in [1.82, 2.24) is 4.98 Å². The Labute approximate surface area is 147 Å². The van der Waals surface area contributed by atoms with Crippen LogP contribution in [-0.4, -0.2) is 10.9 Å². The van der Waals surface area contributed by atoms with Crippen LogP contribution in [-0.2, 0) is 17.9 Å². The molecule has 0 unspecified atom stereocenters. The van der Waals surface area contributed by atoms with Crippen molar-refractivity contribution in [1.29, 1.82) is 0 Å². The zero-order valence-corrected chi connectivity index (χ0v) is 19.0. The van der Waals surface area contributed by atoms with E-state index in [1.54, 1.807) is 6.68 Å². The number of aromatic amines is 1. The maximum absolute atomic E-state index is 3.79. The first-order chi connectivity index (χ1) is 9.42. The van der Waals surface area contributed by atoms with Crippen LogP contribution in [0.15, 0.2) is 51.8 Å². The van der Waals surface area contributed by atoms with Crippen LogP contribution in [0.3, 0.4) is 0 Å². The van der Waals surface area contributed by atoms with Crippen molar-refractivity contribution in [3.63, 3.8) is 0 Å². The van der Waals surface area contributed by atoms with E-state index < -0.39 is 23.9 Å². The van der Waals surface area contributed by atoms with Crippen molar-refractivity contribution in [3.8, 4) is 0 Å². The second kappa shape index (κ2) is 6.81. The molecular weight excluding hydrogens is 408 g/mol. The van der Waals surface area contributed by atoms with Crippen molar-refractivity contribution >= 4 is 45.0 Å². The van der Waals surface area contributed by atoms with E-state index in [4.69, 9.17) is 0 Å². The summed E-state index contributed by atoms with van der Waals surface area (Å²) in [5.74, 6) is -0.782. The number of benzene rings is 1. The van der Waals surface area contributed by atoms with Crippen LogP contribution in [0.2, 0.25) is 22.4 Å². The van der Waals surface area contributed by atoms with Gasteiger partial charge in [0.05, 0.1) is 0 Å². The van der Waals surface area contributed by atoms with Gasteiger partial charge in [-0.15, -0.1) is 24.8 Å². The predicted molar refractivity (Wildman–Crippen MR) is 105 cm³/mol. The van der Waals surface area contributed by atoms with Crippen LogP contribution in [0.4, 0.5) is 0 Å². The number of aromatic nitrogens is 1. The van der Waals surface area contributed by atoms with E-state index in [0.717, 1.165) is 0 Å². The average molecular weight is 435 g/mol. The molecule has 22 heavy (non-hydrogen) atoms. The number of allylic oxidation sites excluding steroid dienone is 4. The zero-order valence-electron chi connectivity index (χ0n) is 13.7. The van der Waals surface area contributed by atoms with Crippen LogP contribution >= 0.6 is 24.8 Å². The third-order valence-corrected chi connectivity index (χ3v) is 49.4. The third kappa shape index (κ3) is 2.86. The summed E-state index contributed by atoms with van der Waals surface area (Å²) in [6.45, 7) is 5.10. The zero-order chi connectivity index (χ0) is 14.4. The molecule has 1 N–H and O–H groups in total. The minimum Gasteiger partial charge on any atom is -0.147 e. The largest absolute Gasteiger partial charge is 0.147 e. The van der Waals surface area contributed by atoms with Crippen LogP contribution in [0, 0.1) is 0 Å². The molecule has 1 aromatic carbocycles. The van der Waals surface area contributed by atoms with Gasteiger partial charge in [-0.2, -0.15) is 0 Å². The molecular formula is C17H26Cl2NSiZr. The Bertz CT molecular complexity index is 698. The van der Waals surface area contributed by atoms with Gasteiger partial charge in [0.15, 0.2) is 0 Å². The molecule has 0 saturated heterocycles. The summed E-state index contributed by atoms with van der Waals surface area (Å²) < 4.78 is 8.66. The standard InChI is InChI=1S/C8H6N.C5H5.C2H7Si.2CH3.2ClH.Zr/c1-2-4-8-7(3-1)5-6-9-8;1-2-4-5-3-1;1-3-2;;;;;/h1-5,9H;1-3H,4H2;3H,1-2H3;2*1H3;2*1H;. The van der Waals surface area contributed by atoms with E-state index in [1.165, 1.54) is 17.3 Å². The molecule has 3 rings (SSSR count). The number of H-pyrrole nitrogens is 1. The first-order valence-corrected chi connectivity index (χ1v) is 22.1. The van der Waals surface area contributed by atoms with Gasteiger partial charge in [0.2, 0.25) is 0 Å². The Morgan fingerprint density at radius 2 is 1.77 bits per heavy atom. The van der Waals surface area contributed by atoms with E-state index in [0.29, 0.717) is 0 Å². The van der Waals surface area contributed by atoms with Crippen LogP contribution in [0.1, 0.15) is 6.42 Å². The molecule has 1 aliphatic rings. The summed E-state index contributed by atoms with van der Waals surface area (Å²) in [4.78, 5) is 3.79. The number of hydrogen-bond acceptors (Lipinski definition) is 0.